The number of aromatic amines is 1. The number of amides is 1. The van der Waals surface area contributed by atoms with Crippen LogP contribution < -0.4 is 5.56 Å². The highest BCUT2D eigenvalue weighted by Crippen LogP contribution is 2.25. The highest BCUT2D eigenvalue weighted by molar-refractivity contribution is 6.00. The first-order valence-corrected chi connectivity index (χ1v) is 11.0. The molecule has 0 fully saturated rings. The number of nitrogens with one attached hydrogen (secondary N) is 1. The fourth-order valence-corrected chi connectivity index (χ4v) is 4.00. The van der Waals surface area contributed by atoms with Crippen molar-refractivity contribution < 1.29 is 4.79 Å². The number of fused-ring (bicyclic) bond motifs is 1. The molecule has 2 aromatic heterocycles. The van der Waals surface area contributed by atoms with E-state index in [0.717, 1.165) is 16.7 Å². The van der Waals surface area contributed by atoms with Crippen LogP contribution in [-0.2, 0) is 13.1 Å². The maximum absolute atomic E-state index is 13.4. The normalized spacial score (nSPS) is 11.0. The molecule has 7 heteroatoms. The van der Waals surface area contributed by atoms with Gasteiger partial charge in [-0.3, -0.25) is 14.3 Å². The van der Waals surface area contributed by atoms with E-state index in [4.69, 9.17) is 0 Å². The van der Waals surface area contributed by atoms with Crippen LogP contribution >= 0.6 is 0 Å². The minimum atomic E-state index is -0.211. The summed E-state index contributed by atoms with van der Waals surface area (Å²) >= 11 is 0. The lowest BCUT2D eigenvalue weighted by atomic mass is 9.98. The molecule has 0 atom stereocenters. The van der Waals surface area contributed by atoms with E-state index in [1.807, 2.05) is 71.5 Å². The number of rotatable bonds is 6. The minimum Gasteiger partial charge on any atom is -0.334 e. The first-order valence-electron chi connectivity index (χ1n) is 11.0. The Morgan fingerprint density at radius 2 is 1.74 bits per heavy atom. The van der Waals surface area contributed by atoms with Gasteiger partial charge in [0.15, 0.2) is 0 Å². The Balaban J connectivity index is 1.38. The van der Waals surface area contributed by atoms with Crippen LogP contribution in [0.15, 0.2) is 96.1 Å². The summed E-state index contributed by atoms with van der Waals surface area (Å²) in [6.45, 7) is 0.879. The van der Waals surface area contributed by atoms with Crippen molar-refractivity contribution in [2.45, 2.75) is 13.1 Å². The van der Waals surface area contributed by atoms with Crippen molar-refractivity contribution in [3.8, 4) is 11.1 Å². The van der Waals surface area contributed by atoms with Gasteiger partial charge >= 0.3 is 0 Å². The average molecular weight is 450 g/mol. The Kier molecular flexibility index (Phi) is 5.74. The molecule has 0 radical (unpaired) electrons. The summed E-state index contributed by atoms with van der Waals surface area (Å²) in [5, 5.41) is 4.77. The van der Waals surface area contributed by atoms with Gasteiger partial charge in [0.2, 0.25) is 0 Å². The predicted molar refractivity (Wildman–Crippen MR) is 131 cm³/mol. The first kappa shape index (κ1) is 21.3. The number of H-pyrrole nitrogens is 1. The molecule has 34 heavy (non-hydrogen) atoms. The molecule has 0 saturated carbocycles. The molecule has 1 amide bonds. The molecule has 5 rings (SSSR count). The van der Waals surface area contributed by atoms with Crippen LogP contribution in [0.3, 0.4) is 0 Å². The van der Waals surface area contributed by atoms with Gasteiger partial charge in [-0.05, 0) is 41.0 Å². The molecule has 3 aromatic carbocycles. The van der Waals surface area contributed by atoms with Gasteiger partial charge < -0.3 is 9.88 Å². The molecule has 0 saturated heterocycles. The Morgan fingerprint density at radius 1 is 0.971 bits per heavy atom. The summed E-state index contributed by atoms with van der Waals surface area (Å²) in [6.07, 6.45) is 3.69. The highest BCUT2D eigenvalue weighted by Gasteiger charge is 2.18. The topological polar surface area (TPSA) is 83.9 Å². The number of benzene rings is 3. The van der Waals surface area contributed by atoms with Crippen molar-refractivity contribution in [2.24, 2.45) is 0 Å². The van der Waals surface area contributed by atoms with Gasteiger partial charge in [0, 0.05) is 25.0 Å². The Hall–Kier alpha value is -4.52. The largest absolute Gasteiger partial charge is 0.334 e. The standard InChI is InChI=1S/C27H23N5O2/c1-31(18-25-29-24-10-5-4-9-23(24)26(33)30-25)27(34)22-8-3-2-7-21(22)20-13-11-19(12-14-20)17-32-16-6-15-28-32/h2-16H,17-18H2,1H3,(H,29,30,33). The van der Waals surface area contributed by atoms with Crippen molar-refractivity contribution in [3.63, 3.8) is 0 Å². The zero-order valence-electron chi connectivity index (χ0n) is 18.7. The summed E-state index contributed by atoms with van der Waals surface area (Å²) < 4.78 is 1.87. The van der Waals surface area contributed by atoms with Crippen molar-refractivity contribution in [1.82, 2.24) is 24.6 Å². The smallest absolute Gasteiger partial charge is 0.258 e. The van der Waals surface area contributed by atoms with Crippen LogP contribution in [0.1, 0.15) is 21.7 Å². The molecule has 5 aromatic rings. The van der Waals surface area contributed by atoms with Crippen LogP contribution in [0, 0.1) is 0 Å². The molecule has 0 spiro atoms. The first-order chi connectivity index (χ1) is 16.6. The molecule has 0 aliphatic heterocycles. The maximum atomic E-state index is 13.4. The van der Waals surface area contributed by atoms with E-state index >= 15 is 0 Å². The average Bonchev–Trinajstić information content (AvgIpc) is 3.37. The number of carbonyl (C=O) groups is 1. The molecular formula is C27H23N5O2. The maximum Gasteiger partial charge on any atom is 0.258 e. The van der Waals surface area contributed by atoms with E-state index in [1.54, 1.807) is 36.3 Å². The monoisotopic (exact) mass is 449 g/mol. The van der Waals surface area contributed by atoms with Crippen molar-refractivity contribution >= 4 is 16.8 Å². The third kappa shape index (κ3) is 4.36. The molecule has 0 aliphatic carbocycles. The minimum absolute atomic E-state index is 0.146. The Morgan fingerprint density at radius 3 is 2.53 bits per heavy atom. The van der Waals surface area contributed by atoms with Gasteiger partial charge in [0.1, 0.15) is 5.82 Å². The van der Waals surface area contributed by atoms with Gasteiger partial charge in [-0.15, -0.1) is 0 Å². The summed E-state index contributed by atoms with van der Waals surface area (Å²) in [7, 11) is 1.71. The fourth-order valence-electron chi connectivity index (χ4n) is 4.00. The van der Waals surface area contributed by atoms with Crippen molar-refractivity contribution in [3.05, 3.63) is 119 Å². The van der Waals surface area contributed by atoms with E-state index in [0.29, 0.717) is 28.8 Å². The van der Waals surface area contributed by atoms with Crippen LogP contribution in [-0.4, -0.2) is 37.6 Å². The van der Waals surface area contributed by atoms with Gasteiger partial charge in [-0.1, -0.05) is 54.6 Å². The third-order valence-corrected chi connectivity index (χ3v) is 5.72. The lowest BCUT2D eigenvalue weighted by molar-refractivity contribution is 0.0782. The van der Waals surface area contributed by atoms with Gasteiger partial charge in [-0.25, -0.2) is 4.98 Å². The Bertz CT molecular complexity index is 1500. The van der Waals surface area contributed by atoms with Crippen molar-refractivity contribution in [2.75, 3.05) is 7.05 Å². The van der Waals surface area contributed by atoms with E-state index < -0.39 is 0 Å². The molecule has 0 bridgehead atoms. The number of carbonyl (C=O) groups excluding carboxylic acids is 1. The number of nitrogens with zero attached hydrogens (tertiary/aromatic N) is 4. The van der Waals surface area contributed by atoms with E-state index in [9.17, 15) is 9.59 Å². The Labute approximate surface area is 196 Å². The number of para-hydroxylation sites is 1. The molecule has 0 unspecified atom stereocenters. The summed E-state index contributed by atoms with van der Waals surface area (Å²) in [5.74, 6) is 0.298. The van der Waals surface area contributed by atoms with Gasteiger partial charge in [0.25, 0.3) is 11.5 Å². The molecule has 1 N–H and O–H groups in total. The molecule has 7 nitrogen and oxygen atoms in total. The number of hydrogen-bond acceptors (Lipinski definition) is 4. The van der Waals surface area contributed by atoms with Crippen LogP contribution in [0.2, 0.25) is 0 Å². The van der Waals surface area contributed by atoms with Gasteiger partial charge in [0.05, 0.1) is 24.0 Å². The quantitative estimate of drug-likeness (QED) is 0.423. The zero-order chi connectivity index (χ0) is 23.5. The van der Waals surface area contributed by atoms with Crippen LogP contribution in [0.5, 0.6) is 0 Å². The molecule has 2 heterocycles. The summed E-state index contributed by atoms with van der Waals surface area (Å²) in [5.41, 5.74) is 3.92. The van der Waals surface area contributed by atoms with E-state index in [2.05, 4.69) is 15.1 Å². The second-order valence-corrected chi connectivity index (χ2v) is 8.14. The predicted octanol–water partition coefficient (Wildman–Crippen LogP) is 4.11. The highest BCUT2D eigenvalue weighted by atomic mass is 16.2. The third-order valence-electron chi connectivity index (χ3n) is 5.72. The van der Waals surface area contributed by atoms with Gasteiger partial charge in [-0.2, -0.15) is 5.10 Å². The SMILES string of the molecule is CN(Cc1nc2ccccc2c(=O)[nH]1)C(=O)c1ccccc1-c1ccc(Cn2cccn2)cc1. The lowest BCUT2D eigenvalue weighted by Gasteiger charge is -2.19. The van der Waals surface area contributed by atoms with Crippen molar-refractivity contribution in [1.29, 1.82) is 0 Å². The second kappa shape index (κ2) is 9.15. The second-order valence-electron chi connectivity index (χ2n) is 8.14. The number of aromatic nitrogens is 4. The zero-order valence-corrected chi connectivity index (χ0v) is 18.7. The molecular weight excluding hydrogens is 426 g/mol. The summed E-state index contributed by atoms with van der Waals surface area (Å²) in [6, 6.07) is 24.7. The van der Waals surface area contributed by atoms with Crippen LogP contribution in [0.25, 0.3) is 22.0 Å². The van der Waals surface area contributed by atoms with E-state index in [-0.39, 0.29) is 18.0 Å². The van der Waals surface area contributed by atoms with Crippen LogP contribution in [0.4, 0.5) is 0 Å². The fraction of sp³-hybridized carbons (Fsp3) is 0.111. The van der Waals surface area contributed by atoms with E-state index in [1.165, 1.54) is 0 Å². The molecule has 168 valence electrons. The number of hydrogen-bond donors (Lipinski definition) is 1. The lowest BCUT2D eigenvalue weighted by Crippen LogP contribution is -2.28. The summed E-state index contributed by atoms with van der Waals surface area (Å²) in [4.78, 5) is 34.6. The molecule has 0 aliphatic rings.